The van der Waals surface area contributed by atoms with E-state index in [1.807, 2.05) is 54.8 Å². The number of rotatable bonds is 6. The summed E-state index contributed by atoms with van der Waals surface area (Å²) in [4.78, 5) is 17.5. The van der Waals surface area contributed by atoms with Crippen molar-refractivity contribution in [3.63, 3.8) is 0 Å². The lowest BCUT2D eigenvalue weighted by Crippen LogP contribution is -2.26. The van der Waals surface area contributed by atoms with Crippen LogP contribution >= 0.6 is 11.3 Å². The lowest BCUT2D eigenvalue weighted by molar-refractivity contribution is -0.121. The van der Waals surface area contributed by atoms with Crippen molar-refractivity contribution < 1.29 is 9.32 Å². The van der Waals surface area contributed by atoms with E-state index in [0.29, 0.717) is 24.6 Å². The monoisotopic (exact) mass is 327 g/mol. The van der Waals surface area contributed by atoms with Crippen molar-refractivity contribution in [1.29, 1.82) is 0 Å². The van der Waals surface area contributed by atoms with Crippen LogP contribution in [0.5, 0.6) is 0 Å². The highest BCUT2D eigenvalue weighted by molar-refractivity contribution is 7.10. The second kappa shape index (κ2) is 7.19. The van der Waals surface area contributed by atoms with E-state index in [1.54, 1.807) is 11.3 Å². The molecule has 3 rings (SSSR count). The molecule has 0 spiro atoms. The number of nitrogens with zero attached hydrogens (tertiary/aromatic N) is 2. The fraction of sp³-hybridized carbons (Fsp3) is 0.235. The van der Waals surface area contributed by atoms with Crippen LogP contribution in [0.1, 0.15) is 30.2 Å². The van der Waals surface area contributed by atoms with E-state index >= 15 is 0 Å². The predicted octanol–water partition coefficient (Wildman–Crippen LogP) is 3.61. The summed E-state index contributed by atoms with van der Waals surface area (Å²) in [7, 11) is 0. The quantitative estimate of drug-likeness (QED) is 0.751. The molecule has 3 aromatic rings. The summed E-state index contributed by atoms with van der Waals surface area (Å²) >= 11 is 1.63. The summed E-state index contributed by atoms with van der Waals surface area (Å²) in [6.45, 7) is 1.98. The smallest absolute Gasteiger partial charge is 0.227 e. The van der Waals surface area contributed by atoms with E-state index in [2.05, 4.69) is 15.5 Å². The van der Waals surface area contributed by atoms with Gasteiger partial charge in [-0.2, -0.15) is 4.98 Å². The molecular weight excluding hydrogens is 310 g/mol. The SMILES string of the molecule is CC(NC(=O)CCc1nc(-c2ccccc2)no1)c1cccs1. The third kappa shape index (κ3) is 4.04. The molecule has 0 radical (unpaired) electrons. The Kier molecular flexibility index (Phi) is 4.83. The van der Waals surface area contributed by atoms with Crippen molar-refractivity contribution in [2.75, 3.05) is 0 Å². The molecule has 0 aliphatic heterocycles. The minimum Gasteiger partial charge on any atom is -0.349 e. The number of thiophene rings is 1. The highest BCUT2D eigenvalue weighted by Gasteiger charge is 2.13. The lowest BCUT2D eigenvalue weighted by atomic mass is 10.2. The van der Waals surface area contributed by atoms with Gasteiger partial charge >= 0.3 is 0 Å². The molecule has 0 aliphatic rings. The highest BCUT2D eigenvalue weighted by Crippen LogP contribution is 2.18. The average molecular weight is 327 g/mol. The minimum atomic E-state index is -0.0228. The predicted molar refractivity (Wildman–Crippen MR) is 88.9 cm³/mol. The Hall–Kier alpha value is -2.47. The van der Waals surface area contributed by atoms with Gasteiger partial charge in [0.1, 0.15) is 0 Å². The Labute approximate surface area is 138 Å². The molecule has 6 heteroatoms. The molecule has 1 unspecified atom stereocenters. The Morgan fingerprint density at radius 1 is 1.26 bits per heavy atom. The molecular formula is C17H17N3O2S. The van der Waals surface area contributed by atoms with Gasteiger partial charge in [0.2, 0.25) is 17.6 Å². The Morgan fingerprint density at radius 3 is 2.83 bits per heavy atom. The van der Waals surface area contributed by atoms with E-state index in [0.717, 1.165) is 10.4 Å². The number of benzene rings is 1. The molecule has 118 valence electrons. The van der Waals surface area contributed by atoms with E-state index in [-0.39, 0.29) is 11.9 Å². The second-order valence-electron chi connectivity index (χ2n) is 5.18. The maximum atomic E-state index is 12.0. The maximum absolute atomic E-state index is 12.0. The zero-order valence-corrected chi connectivity index (χ0v) is 13.5. The van der Waals surface area contributed by atoms with E-state index in [1.165, 1.54) is 0 Å². The third-order valence-corrected chi connectivity index (χ3v) is 4.47. The molecule has 0 saturated heterocycles. The largest absolute Gasteiger partial charge is 0.349 e. The number of carbonyl (C=O) groups is 1. The van der Waals surface area contributed by atoms with E-state index < -0.39 is 0 Å². The molecule has 2 aromatic heterocycles. The van der Waals surface area contributed by atoms with Gasteiger partial charge in [0.05, 0.1) is 6.04 Å². The van der Waals surface area contributed by atoms with Crippen LogP contribution in [-0.2, 0) is 11.2 Å². The molecule has 23 heavy (non-hydrogen) atoms. The van der Waals surface area contributed by atoms with Gasteiger partial charge in [-0.1, -0.05) is 41.6 Å². The van der Waals surface area contributed by atoms with Crippen LogP contribution in [0, 0.1) is 0 Å². The number of amides is 1. The number of nitrogens with one attached hydrogen (secondary N) is 1. The van der Waals surface area contributed by atoms with Gasteiger partial charge in [0.25, 0.3) is 0 Å². The summed E-state index contributed by atoms with van der Waals surface area (Å²) < 4.78 is 5.21. The van der Waals surface area contributed by atoms with E-state index in [9.17, 15) is 4.79 Å². The Bertz CT molecular complexity index is 753. The molecule has 1 amide bonds. The first-order valence-corrected chi connectivity index (χ1v) is 8.31. The molecule has 1 atom stereocenters. The fourth-order valence-corrected chi connectivity index (χ4v) is 2.94. The van der Waals surface area contributed by atoms with Crippen LogP contribution in [0.3, 0.4) is 0 Å². The van der Waals surface area contributed by atoms with Gasteiger partial charge in [-0.25, -0.2) is 0 Å². The van der Waals surface area contributed by atoms with Crippen molar-refractivity contribution in [2.24, 2.45) is 0 Å². The maximum Gasteiger partial charge on any atom is 0.227 e. The molecule has 2 heterocycles. The minimum absolute atomic E-state index is 0.0186. The highest BCUT2D eigenvalue weighted by atomic mass is 32.1. The average Bonchev–Trinajstić information content (AvgIpc) is 3.25. The summed E-state index contributed by atoms with van der Waals surface area (Å²) in [6.07, 6.45) is 0.759. The van der Waals surface area contributed by atoms with Crippen LogP contribution < -0.4 is 5.32 Å². The van der Waals surface area contributed by atoms with Crippen LogP contribution in [0.25, 0.3) is 11.4 Å². The standard InChI is InChI=1S/C17H17N3O2S/c1-12(14-8-5-11-23-14)18-15(21)9-10-16-19-17(20-22-16)13-6-3-2-4-7-13/h2-8,11-12H,9-10H2,1H3,(H,18,21). The second-order valence-corrected chi connectivity index (χ2v) is 6.16. The molecule has 1 aromatic carbocycles. The first kappa shape index (κ1) is 15.4. The van der Waals surface area contributed by atoms with Crippen LogP contribution in [0.4, 0.5) is 0 Å². The zero-order valence-electron chi connectivity index (χ0n) is 12.7. The Morgan fingerprint density at radius 2 is 2.09 bits per heavy atom. The Balaban J connectivity index is 1.52. The molecule has 1 N–H and O–H groups in total. The van der Waals surface area contributed by atoms with Crippen molar-refractivity contribution >= 4 is 17.2 Å². The zero-order chi connectivity index (χ0) is 16.1. The summed E-state index contributed by atoms with van der Waals surface area (Å²) in [6, 6.07) is 13.6. The number of hydrogen-bond donors (Lipinski definition) is 1. The number of aromatic nitrogens is 2. The lowest BCUT2D eigenvalue weighted by Gasteiger charge is -2.11. The number of carbonyl (C=O) groups excluding carboxylic acids is 1. The molecule has 0 fully saturated rings. The topological polar surface area (TPSA) is 68.0 Å². The first-order valence-electron chi connectivity index (χ1n) is 7.43. The molecule has 0 bridgehead atoms. The number of hydrogen-bond acceptors (Lipinski definition) is 5. The van der Waals surface area contributed by atoms with Gasteiger partial charge in [0, 0.05) is 23.3 Å². The molecule has 0 saturated carbocycles. The van der Waals surface area contributed by atoms with Gasteiger partial charge in [-0.05, 0) is 18.4 Å². The fourth-order valence-electron chi connectivity index (χ4n) is 2.20. The van der Waals surface area contributed by atoms with Crippen LogP contribution in [0.2, 0.25) is 0 Å². The van der Waals surface area contributed by atoms with Gasteiger partial charge in [-0.15, -0.1) is 11.3 Å². The van der Waals surface area contributed by atoms with Crippen LogP contribution in [-0.4, -0.2) is 16.0 Å². The normalized spacial score (nSPS) is 12.0. The summed E-state index contributed by atoms with van der Waals surface area (Å²) in [5, 5.41) is 8.92. The van der Waals surface area contributed by atoms with Crippen LogP contribution in [0.15, 0.2) is 52.4 Å². The third-order valence-electron chi connectivity index (χ3n) is 3.41. The molecule has 5 nitrogen and oxygen atoms in total. The van der Waals surface area contributed by atoms with Gasteiger partial charge in [0.15, 0.2) is 0 Å². The van der Waals surface area contributed by atoms with Crippen molar-refractivity contribution in [2.45, 2.75) is 25.8 Å². The molecule has 0 aliphatic carbocycles. The summed E-state index contributed by atoms with van der Waals surface area (Å²) in [5.74, 6) is 1.00. The van der Waals surface area contributed by atoms with Crippen molar-refractivity contribution in [3.05, 3.63) is 58.6 Å². The van der Waals surface area contributed by atoms with Crippen molar-refractivity contribution in [3.8, 4) is 11.4 Å². The number of aryl methyl sites for hydroxylation is 1. The first-order chi connectivity index (χ1) is 11.2. The van der Waals surface area contributed by atoms with Gasteiger partial charge in [-0.3, -0.25) is 4.79 Å². The van der Waals surface area contributed by atoms with E-state index in [4.69, 9.17) is 4.52 Å². The summed E-state index contributed by atoms with van der Waals surface area (Å²) in [5.41, 5.74) is 0.901. The van der Waals surface area contributed by atoms with Crippen molar-refractivity contribution in [1.82, 2.24) is 15.5 Å². The van der Waals surface area contributed by atoms with Gasteiger partial charge < -0.3 is 9.84 Å².